The summed E-state index contributed by atoms with van der Waals surface area (Å²) < 4.78 is 0. The zero-order chi connectivity index (χ0) is 15.2. The van der Waals surface area contributed by atoms with Gasteiger partial charge in [-0.15, -0.1) is 0 Å². The highest BCUT2D eigenvalue weighted by Crippen LogP contribution is 2.22. The Kier molecular flexibility index (Phi) is 5.37. The maximum Gasteiger partial charge on any atom is 0.263 e. The van der Waals surface area contributed by atoms with Gasteiger partial charge in [-0.3, -0.25) is 4.79 Å². The molecule has 1 saturated heterocycles. The van der Waals surface area contributed by atoms with Gasteiger partial charge in [0.25, 0.3) is 5.91 Å². The molecule has 0 bridgehead atoms. The molecule has 0 aromatic heterocycles. The largest absolute Gasteiger partial charge is 0.386 e. The highest BCUT2D eigenvalue weighted by atomic mass is 16.6. The Morgan fingerprint density at radius 3 is 2.67 bits per heavy atom. The van der Waals surface area contributed by atoms with E-state index in [1.165, 1.54) is 6.42 Å². The molecule has 2 rings (SSSR count). The van der Waals surface area contributed by atoms with Crippen LogP contribution in [0.4, 0.5) is 0 Å². The summed E-state index contributed by atoms with van der Waals surface area (Å²) >= 11 is 0. The van der Waals surface area contributed by atoms with Crippen LogP contribution in [0.5, 0.6) is 0 Å². The van der Waals surface area contributed by atoms with Gasteiger partial charge in [-0.1, -0.05) is 29.4 Å². The summed E-state index contributed by atoms with van der Waals surface area (Å²) in [4.78, 5) is 19.3. The van der Waals surface area contributed by atoms with E-state index in [2.05, 4.69) is 19.0 Å². The van der Waals surface area contributed by atoms with Crippen LogP contribution in [-0.4, -0.2) is 35.7 Å². The Hall–Kier alpha value is -1.84. The normalized spacial score (nSPS) is 22.5. The minimum atomic E-state index is 0.0110. The average Bonchev–Trinajstić information content (AvgIpc) is 2.45. The van der Waals surface area contributed by atoms with E-state index < -0.39 is 0 Å². The van der Waals surface area contributed by atoms with Crippen molar-refractivity contribution >= 4 is 12.1 Å². The number of nitrogens with zero attached hydrogens (tertiary/aromatic N) is 2. The second kappa shape index (κ2) is 7.25. The minimum absolute atomic E-state index is 0.0110. The van der Waals surface area contributed by atoms with Crippen molar-refractivity contribution in [2.24, 2.45) is 5.16 Å². The molecule has 1 aliphatic rings. The predicted molar refractivity (Wildman–Crippen MR) is 84.3 cm³/mol. The van der Waals surface area contributed by atoms with Crippen LogP contribution in [0, 0.1) is 6.92 Å². The van der Waals surface area contributed by atoms with Crippen LogP contribution in [0.2, 0.25) is 0 Å². The Labute approximate surface area is 126 Å². The van der Waals surface area contributed by atoms with Crippen LogP contribution in [-0.2, 0) is 9.63 Å². The molecule has 0 saturated carbocycles. The minimum Gasteiger partial charge on any atom is -0.386 e. The van der Waals surface area contributed by atoms with Gasteiger partial charge in [0.2, 0.25) is 0 Å². The molecular formula is C17H24N2O2. The van der Waals surface area contributed by atoms with Gasteiger partial charge < -0.3 is 9.74 Å². The van der Waals surface area contributed by atoms with Crippen molar-refractivity contribution in [2.45, 2.75) is 52.1 Å². The Bertz CT molecular complexity index is 503. The van der Waals surface area contributed by atoms with Gasteiger partial charge >= 0.3 is 0 Å². The standard InChI is InChI=1S/C17H24N2O2/c1-13-7-4-5-10-16(13)11-18-21-12-17(20)19-14(2)8-6-9-15(19)3/h4-5,7,10-11,14-15H,6,8-9,12H2,1-3H3/t14-,15-/m1/s1. The first kappa shape index (κ1) is 15.5. The topological polar surface area (TPSA) is 41.9 Å². The Morgan fingerprint density at radius 2 is 2.00 bits per heavy atom. The summed E-state index contributed by atoms with van der Waals surface area (Å²) in [7, 11) is 0. The van der Waals surface area contributed by atoms with Gasteiger partial charge in [-0.2, -0.15) is 0 Å². The third kappa shape index (κ3) is 4.06. The van der Waals surface area contributed by atoms with Crippen molar-refractivity contribution in [3.05, 3.63) is 35.4 Å². The molecule has 0 radical (unpaired) electrons. The van der Waals surface area contributed by atoms with E-state index >= 15 is 0 Å². The number of piperidine rings is 1. The lowest BCUT2D eigenvalue weighted by Crippen LogP contribution is -2.48. The number of hydrogen-bond donors (Lipinski definition) is 0. The number of rotatable bonds is 4. The summed E-state index contributed by atoms with van der Waals surface area (Å²) in [5, 5.41) is 3.91. The number of carbonyl (C=O) groups excluding carboxylic acids is 1. The van der Waals surface area contributed by atoms with Crippen LogP contribution in [0.1, 0.15) is 44.2 Å². The molecule has 1 fully saturated rings. The number of aryl methyl sites for hydroxylation is 1. The smallest absolute Gasteiger partial charge is 0.263 e. The fourth-order valence-electron chi connectivity index (χ4n) is 2.91. The summed E-state index contributed by atoms with van der Waals surface area (Å²) in [6, 6.07) is 8.52. The number of hydrogen-bond acceptors (Lipinski definition) is 3. The fraction of sp³-hybridized carbons (Fsp3) is 0.529. The Morgan fingerprint density at radius 1 is 1.33 bits per heavy atom. The third-order valence-corrected chi connectivity index (χ3v) is 4.12. The maximum absolute atomic E-state index is 12.2. The molecule has 114 valence electrons. The van der Waals surface area contributed by atoms with E-state index in [-0.39, 0.29) is 12.5 Å². The molecule has 21 heavy (non-hydrogen) atoms. The molecular weight excluding hydrogens is 264 g/mol. The van der Waals surface area contributed by atoms with E-state index in [1.54, 1.807) is 6.21 Å². The second-order valence-electron chi connectivity index (χ2n) is 5.79. The predicted octanol–water partition coefficient (Wildman–Crippen LogP) is 3.14. The van der Waals surface area contributed by atoms with Gasteiger partial charge in [-0.25, -0.2) is 0 Å². The molecule has 4 nitrogen and oxygen atoms in total. The van der Waals surface area contributed by atoms with E-state index in [1.807, 2.05) is 36.1 Å². The summed E-state index contributed by atoms with van der Waals surface area (Å²) in [6.45, 7) is 6.23. The number of oxime groups is 1. The molecule has 0 aliphatic carbocycles. The molecule has 4 heteroatoms. The lowest BCUT2D eigenvalue weighted by atomic mass is 9.97. The third-order valence-electron chi connectivity index (χ3n) is 4.12. The molecule has 1 aliphatic heterocycles. The molecule has 1 heterocycles. The van der Waals surface area contributed by atoms with Crippen LogP contribution in [0.15, 0.2) is 29.4 Å². The van der Waals surface area contributed by atoms with E-state index in [9.17, 15) is 4.79 Å². The van der Waals surface area contributed by atoms with Gasteiger partial charge in [0.15, 0.2) is 6.61 Å². The second-order valence-corrected chi connectivity index (χ2v) is 5.79. The lowest BCUT2D eigenvalue weighted by Gasteiger charge is -2.38. The summed E-state index contributed by atoms with van der Waals surface area (Å²) in [5.41, 5.74) is 2.14. The maximum atomic E-state index is 12.2. The fourth-order valence-corrected chi connectivity index (χ4v) is 2.91. The number of carbonyl (C=O) groups is 1. The highest BCUT2D eigenvalue weighted by Gasteiger charge is 2.28. The van der Waals surface area contributed by atoms with E-state index in [4.69, 9.17) is 4.84 Å². The highest BCUT2D eigenvalue weighted by molar-refractivity contribution is 5.81. The molecule has 1 aromatic rings. The monoisotopic (exact) mass is 288 g/mol. The molecule has 0 unspecified atom stereocenters. The first-order valence-electron chi connectivity index (χ1n) is 7.61. The quantitative estimate of drug-likeness (QED) is 0.631. The average molecular weight is 288 g/mol. The van der Waals surface area contributed by atoms with Gasteiger partial charge in [0.1, 0.15) is 0 Å². The van der Waals surface area contributed by atoms with Crippen molar-refractivity contribution in [3.8, 4) is 0 Å². The summed E-state index contributed by atoms with van der Waals surface area (Å²) in [6.07, 6.45) is 5.00. The van der Waals surface area contributed by atoms with E-state index in [0.717, 1.165) is 24.0 Å². The van der Waals surface area contributed by atoms with E-state index in [0.29, 0.717) is 12.1 Å². The van der Waals surface area contributed by atoms with Crippen molar-refractivity contribution in [1.82, 2.24) is 4.90 Å². The molecule has 1 aromatic carbocycles. The van der Waals surface area contributed by atoms with Crippen LogP contribution in [0.3, 0.4) is 0 Å². The zero-order valence-electron chi connectivity index (χ0n) is 13.1. The Balaban J connectivity index is 1.85. The van der Waals surface area contributed by atoms with Gasteiger partial charge in [0.05, 0.1) is 6.21 Å². The van der Waals surface area contributed by atoms with Crippen LogP contribution in [0.25, 0.3) is 0 Å². The molecule has 2 atom stereocenters. The van der Waals surface area contributed by atoms with Crippen LogP contribution < -0.4 is 0 Å². The lowest BCUT2D eigenvalue weighted by molar-refractivity contribution is -0.142. The van der Waals surface area contributed by atoms with Crippen molar-refractivity contribution in [1.29, 1.82) is 0 Å². The first-order chi connectivity index (χ1) is 10.1. The summed E-state index contributed by atoms with van der Waals surface area (Å²) in [5.74, 6) is 0.0247. The number of amides is 1. The molecule has 0 N–H and O–H groups in total. The first-order valence-corrected chi connectivity index (χ1v) is 7.61. The molecule has 1 amide bonds. The molecule has 0 spiro atoms. The zero-order valence-corrected chi connectivity index (χ0v) is 13.1. The van der Waals surface area contributed by atoms with Crippen LogP contribution >= 0.6 is 0 Å². The van der Waals surface area contributed by atoms with Crippen molar-refractivity contribution < 1.29 is 9.63 Å². The van der Waals surface area contributed by atoms with Crippen molar-refractivity contribution in [3.63, 3.8) is 0 Å². The number of likely N-dealkylation sites (tertiary alicyclic amines) is 1. The SMILES string of the molecule is Cc1ccccc1C=NOCC(=O)N1[C@H](C)CCC[C@H]1C. The van der Waals surface area contributed by atoms with Gasteiger partial charge in [0, 0.05) is 12.1 Å². The van der Waals surface area contributed by atoms with Crippen molar-refractivity contribution in [2.75, 3.05) is 6.61 Å². The number of benzene rings is 1. The van der Waals surface area contributed by atoms with Gasteiger partial charge in [-0.05, 0) is 51.2 Å².